The molecule has 2 aromatic heterocycles. The van der Waals surface area contributed by atoms with E-state index in [0.717, 1.165) is 35.7 Å². The van der Waals surface area contributed by atoms with Crippen LogP contribution >= 0.6 is 0 Å². The molecule has 1 aliphatic heterocycles. The van der Waals surface area contributed by atoms with E-state index in [-0.39, 0.29) is 5.91 Å². The van der Waals surface area contributed by atoms with Gasteiger partial charge in [-0.05, 0) is 61.1 Å². The zero-order chi connectivity index (χ0) is 19.7. The molecule has 1 saturated heterocycles. The minimum atomic E-state index is 0.112. The number of pyridine rings is 1. The summed E-state index contributed by atoms with van der Waals surface area (Å²) < 4.78 is 7.88. The van der Waals surface area contributed by atoms with Gasteiger partial charge in [0.05, 0.1) is 5.69 Å². The van der Waals surface area contributed by atoms with Gasteiger partial charge in [0.1, 0.15) is 18.0 Å². The topological polar surface area (TPSA) is 46.8 Å². The van der Waals surface area contributed by atoms with Crippen molar-refractivity contribution in [3.63, 3.8) is 0 Å². The molecule has 146 valence electrons. The monoisotopic (exact) mass is 377 g/mol. The summed E-state index contributed by atoms with van der Waals surface area (Å²) in [4.78, 5) is 19.3. The summed E-state index contributed by atoms with van der Waals surface area (Å²) in [6, 6.07) is 11.5. The number of aryl methyl sites for hydroxylation is 1. The third kappa shape index (κ3) is 4.03. The van der Waals surface area contributed by atoms with E-state index in [1.165, 1.54) is 12.0 Å². The molecule has 5 heteroatoms. The maximum Gasteiger partial charge on any atom is 0.253 e. The molecule has 0 spiro atoms. The van der Waals surface area contributed by atoms with Crippen molar-refractivity contribution in [3.8, 4) is 5.75 Å². The SMILES string of the molecule is Cc1ccc2nc(COc3ccc(C(=O)N4CC(C)CC(C)C4)cc3)cn2c1. The number of aromatic nitrogens is 2. The normalized spacial score (nSPS) is 19.8. The lowest BCUT2D eigenvalue weighted by Gasteiger charge is -2.35. The van der Waals surface area contributed by atoms with Crippen molar-refractivity contribution in [3.05, 3.63) is 65.6 Å². The standard InChI is InChI=1S/C23H27N3O2/c1-16-4-9-22-24-20(14-25(22)11-16)15-28-21-7-5-19(6-8-21)23(27)26-12-17(2)10-18(3)13-26/h4-9,11,14,17-18H,10,12-13,15H2,1-3H3. The summed E-state index contributed by atoms with van der Waals surface area (Å²) in [5, 5.41) is 0. The van der Waals surface area contributed by atoms with Gasteiger partial charge in [-0.2, -0.15) is 0 Å². The highest BCUT2D eigenvalue weighted by Crippen LogP contribution is 2.23. The number of hydrogen-bond donors (Lipinski definition) is 0. The van der Waals surface area contributed by atoms with Crippen LogP contribution in [0.25, 0.3) is 5.65 Å². The fourth-order valence-electron chi connectivity index (χ4n) is 4.09. The first kappa shape index (κ1) is 18.5. The Morgan fingerprint density at radius 2 is 1.79 bits per heavy atom. The number of nitrogens with zero attached hydrogens (tertiary/aromatic N) is 3. The van der Waals surface area contributed by atoms with Gasteiger partial charge in [0.25, 0.3) is 5.91 Å². The predicted octanol–water partition coefficient (Wildman–Crippen LogP) is 4.34. The van der Waals surface area contributed by atoms with Crippen LogP contribution in [0.4, 0.5) is 0 Å². The number of piperidine rings is 1. The zero-order valence-electron chi connectivity index (χ0n) is 16.8. The highest BCUT2D eigenvalue weighted by atomic mass is 16.5. The summed E-state index contributed by atoms with van der Waals surface area (Å²) >= 11 is 0. The van der Waals surface area contributed by atoms with Gasteiger partial charge in [-0.15, -0.1) is 0 Å². The van der Waals surface area contributed by atoms with E-state index in [0.29, 0.717) is 18.4 Å². The van der Waals surface area contributed by atoms with Gasteiger partial charge in [0.15, 0.2) is 0 Å². The summed E-state index contributed by atoms with van der Waals surface area (Å²) in [6.45, 7) is 8.57. The second kappa shape index (κ2) is 7.66. The van der Waals surface area contributed by atoms with Crippen LogP contribution in [0.15, 0.2) is 48.8 Å². The molecule has 5 nitrogen and oxygen atoms in total. The molecule has 1 amide bonds. The highest BCUT2D eigenvalue weighted by molar-refractivity contribution is 5.94. The number of rotatable bonds is 4. The van der Waals surface area contributed by atoms with Crippen LogP contribution in [-0.2, 0) is 6.61 Å². The number of imidazole rings is 1. The fraction of sp³-hybridized carbons (Fsp3) is 0.391. The molecule has 3 heterocycles. The van der Waals surface area contributed by atoms with Crippen molar-refractivity contribution in [1.29, 1.82) is 0 Å². The molecule has 0 N–H and O–H groups in total. The van der Waals surface area contributed by atoms with E-state index in [4.69, 9.17) is 4.74 Å². The third-order valence-corrected chi connectivity index (χ3v) is 5.29. The van der Waals surface area contributed by atoms with E-state index in [1.54, 1.807) is 0 Å². The molecule has 0 saturated carbocycles. The van der Waals surface area contributed by atoms with Crippen LogP contribution in [0.2, 0.25) is 0 Å². The molecule has 1 aliphatic rings. The van der Waals surface area contributed by atoms with Gasteiger partial charge in [-0.1, -0.05) is 19.9 Å². The van der Waals surface area contributed by atoms with Crippen LogP contribution in [-0.4, -0.2) is 33.3 Å². The van der Waals surface area contributed by atoms with Gasteiger partial charge in [0, 0.05) is 31.0 Å². The summed E-state index contributed by atoms with van der Waals surface area (Å²) in [5.74, 6) is 1.97. The van der Waals surface area contributed by atoms with Crippen LogP contribution in [0, 0.1) is 18.8 Å². The lowest BCUT2D eigenvalue weighted by molar-refractivity contribution is 0.0623. The van der Waals surface area contributed by atoms with E-state index >= 15 is 0 Å². The molecule has 0 radical (unpaired) electrons. The largest absolute Gasteiger partial charge is 0.487 e. The van der Waals surface area contributed by atoms with E-state index in [9.17, 15) is 4.79 Å². The van der Waals surface area contributed by atoms with E-state index in [2.05, 4.69) is 32.0 Å². The molecule has 2 atom stereocenters. The van der Waals surface area contributed by atoms with E-state index in [1.807, 2.05) is 51.9 Å². The molecule has 1 aromatic carbocycles. The first-order valence-corrected chi connectivity index (χ1v) is 9.94. The summed E-state index contributed by atoms with van der Waals surface area (Å²) in [7, 11) is 0. The summed E-state index contributed by atoms with van der Waals surface area (Å²) in [6.07, 6.45) is 5.23. The Balaban J connectivity index is 1.39. The van der Waals surface area contributed by atoms with Crippen LogP contribution in [0.5, 0.6) is 5.75 Å². The number of carbonyl (C=O) groups is 1. The molecular formula is C23H27N3O2. The second-order valence-electron chi connectivity index (χ2n) is 8.17. The lowest BCUT2D eigenvalue weighted by Crippen LogP contribution is -2.42. The maximum absolute atomic E-state index is 12.8. The van der Waals surface area contributed by atoms with Crippen LogP contribution < -0.4 is 4.74 Å². The first-order chi connectivity index (χ1) is 13.5. The highest BCUT2D eigenvalue weighted by Gasteiger charge is 2.26. The molecule has 0 aliphatic carbocycles. The summed E-state index contributed by atoms with van der Waals surface area (Å²) in [5.41, 5.74) is 3.70. The number of likely N-dealkylation sites (tertiary alicyclic amines) is 1. The quantitative estimate of drug-likeness (QED) is 0.679. The zero-order valence-corrected chi connectivity index (χ0v) is 16.8. The number of amides is 1. The van der Waals surface area contributed by atoms with Crippen molar-refractivity contribution >= 4 is 11.6 Å². The molecule has 28 heavy (non-hydrogen) atoms. The van der Waals surface area contributed by atoms with Crippen LogP contribution in [0.3, 0.4) is 0 Å². The van der Waals surface area contributed by atoms with Crippen molar-refractivity contribution < 1.29 is 9.53 Å². The Labute approximate surface area is 166 Å². The van der Waals surface area contributed by atoms with Crippen molar-refractivity contribution in [2.75, 3.05) is 13.1 Å². The van der Waals surface area contributed by atoms with Gasteiger partial charge in [0.2, 0.25) is 0 Å². The Kier molecular flexibility index (Phi) is 5.07. The Morgan fingerprint density at radius 3 is 2.50 bits per heavy atom. The lowest BCUT2D eigenvalue weighted by atomic mass is 9.91. The van der Waals surface area contributed by atoms with E-state index < -0.39 is 0 Å². The minimum Gasteiger partial charge on any atom is -0.487 e. The molecule has 0 bridgehead atoms. The number of fused-ring (bicyclic) bond motifs is 1. The fourth-order valence-corrected chi connectivity index (χ4v) is 4.09. The van der Waals surface area contributed by atoms with Crippen molar-refractivity contribution in [2.45, 2.75) is 33.8 Å². The maximum atomic E-state index is 12.8. The number of hydrogen-bond acceptors (Lipinski definition) is 3. The van der Waals surface area contributed by atoms with Gasteiger partial charge >= 0.3 is 0 Å². The second-order valence-corrected chi connectivity index (χ2v) is 8.17. The third-order valence-electron chi connectivity index (χ3n) is 5.29. The predicted molar refractivity (Wildman–Crippen MR) is 110 cm³/mol. The number of ether oxygens (including phenoxy) is 1. The van der Waals surface area contributed by atoms with Gasteiger partial charge in [-0.25, -0.2) is 4.98 Å². The molecule has 3 aromatic rings. The van der Waals surface area contributed by atoms with Crippen LogP contribution in [0.1, 0.15) is 41.9 Å². The average molecular weight is 377 g/mol. The Morgan fingerprint density at radius 1 is 1.07 bits per heavy atom. The van der Waals surface area contributed by atoms with Gasteiger partial charge in [-0.3, -0.25) is 4.79 Å². The van der Waals surface area contributed by atoms with Gasteiger partial charge < -0.3 is 14.0 Å². The molecule has 2 unspecified atom stereocenters. The molecule has 1 fully saturated rings. The molecular weight excluding hydrogens is 350 g/mol. The number of benzene rings is 1. The number of carbonyl (C=O) groups excluding carboxylic acids is 1. The first-order valence-electron chi connectivity index (χ1n) is 9.94. The van der Waals surface area contributed by atoms with Crippen molar-refractivity contribution in [1.82, 2.24) is 14.3 Å². The molecule has 4 rings (SSSR count). The Hall–Kier alpha value is -2.82. The smallest absolute Gasteiger partial charge is 0.253 e. The average Bonchev–Trinajstić information content (AvgIpc) is 3.07. The Bertz CT molecular complexity index is 967. The van der Waals surface area contributed by atoms with Crippen molar-refractivity contribution in [2.24, 2.45) is 11.8 Å². The minimum absolute atomic E-state index is 0.112.